The summed E-state index contributed by atoms with van der Waals surface area (Å²) < 4.78 is 8.74. The molecule has 0 saturated carbocycles. The fraction of sp³-hybridized carbons (Fsp3) is 0. The summed E-state index contributed by atoms with van der Waals surface area (Å²) in [6.07, 6.45) is 0. The molecular formula is H3NaO3SiZr. The molecule has 6 heteroatoms. The molecule has 0 radical (unpaired) electrons. The van der Waals surface area contributed by atoms with Crippen molar-refractivity contribution in [1.82, 2.24) is 0 Å². The first-order valence-corrected chi connectivity index (χ1v) is 1.95. The van der Waals surface area contributed by atoms with Gasteiger partial charge in [0.2, 0.25) is 0 Å². The molecule has 0 amide bonds. The average Bonchev–Trinajstić information content (AvgIpc) is 0.811. The molecule has 30 valence electrons. The van der Waals surface area contributed by atoms with Crippen LogP contribution in [-0.4, -0.2) is 48.3 Å². The second-order valence-electron chi connectivity index (χ2n) is 0.283. The van der Waals surface area contributed by atoms with Crippen LogP contribution in [0.1, 0.15) is 0 Å². The maximum atomic E-state index is 8.74. The Balaban J connectivity index is -0.0000000450. The third-order valence-electron chi connectivity index (χ3n) is 0. The van der Waals surface area contributed by atoms with E-state index in [4.69, 9.17) is 14.1 Å². The van der Waals surface area contributed by atoms with E-state index in [1.807, 2.05) is 0 Å². The third kappa shape index (κ3) is 49.5. The molecule has 0 aliphatic rings. The van der Waals surface area contributed by atoms with Crippen molar-refractivity contribution in [3.05, 3.63) is 0 Å². The van der Waals surface area contributed by atoms with Crippen LogP contribution >= 0.6 is 0 Å². The van der Waals surface area contributed by atoms with Crippen LogP contribution in [0.4, 0.5) is 0 Å². The van der Waals surface area contributed by atoms with E-state index in [0.717, 1.165) is 0 Å². The monoisotopic (exact) mass is 192 g/mol. The number of hydrogen-bond donors (Lipinski definition) is 2. The summed E-state index contributed by atoms with van der Waals surface area (Å²) in [5.41, 5.74) is 0. The Morgan fingerprint density at radius 2 is 1.33 bits per heavy atom. The Bertz CT molecular complexity index is 33.8. The molecule has 2 N–H and O–H groups in total. The maximum Gasteiger partial charge on any atom is 0 e. The van der Waals surface area contributed by atoms with Crippen molar-refractivity contribution < 1.29 is 40.3 Å². The van der Waals surface area contributed by atoms with Crippen LogP contribution in [0.3, 0.4) is 0 Å². The van der Waals surface area contributed by atoms with E-state index < -0.39 is 9.17 Å². The Labute approximate surface area is 78.1 Å². The second-order valence-corrected chi connectivity index (χ2v) is 0.848. The smallest absolute Gasteiger partial charge is 0 e. The molecule has 0 atom stereocenters. The van der Waals surface area contributed by atoms with Crippen LogP contribution in [0.25, 0.3) is 0 Å². The van der Waals surface area contributed by atoms with Gasteiger partial charge in [0.1, 0.15) is 0 Å². The first-order chi connectivity index (χ1) is 1.73. The Hall–Kier alpha value is 1.50. The van der Waals surface area contributed by atoms with Crippen LogP contribution in [0, 0.1) is 0 Å². The van der Waals surface area contributed by atoms with Crippen molar-refractivity contribution in [1.29, 1.82) is 0 Å². The van der Waals surface area contributed by atoms with E-state index in [9.17, 15) is 0 Å². The molecule has 0 unspecified atom stereocenters. The fourth-order valence-electron chi connectivity index (χ4n) is 0. The number of hydrogen-bond acceptors (Lipinski definition) is 1. The van der Waals surface area contributed by atoms with Crippen LogP contribution in [-0.2, 0) is 30.7 Å². The van der Waals surface area contributed by atoms with E-state index in [0.29, 0.717) is 0 Å². The van der Waals surface area contributed by atoms with Crippen LogP contribution in [0.15, 0.2) is 0 Å². The van der Waals surface area contributed by atoms with Gasteiger partial charge in [-0.05, 0) is 0 Å². The molecular weight excluding hydrogens is 190 g/mol. The van der Waals surface area contributed by atoms with Gasteiger partial charge in [0, 0.05) is 26.2 Å². The minimum absolute atomic E-state index is 0. The summed E-state index contributed by atoms with van der Waals surface area (Å²) in [5, 5.41) is 0. The predicted octanol–water partition coefficient (Wildman–Crippen LogP) is -2.26. The summed E-state index contributed by atoms with van der Waals surface area (Å²) in [6.45, 7) is 0. The van der Waals surface area contributed by atoms with Crippen LogP contribution in [0.5, 0.6) is 0 Å². The summed E-state index contributed by atoms with van der Waals surface area (Å²) >= 11 is 0. The zero-order valence-corrected chi connectivity index (χ0v) is 5.76. The van der Waals surface area contributed by atoms with Crippen LogP contribution in [0.2, 0.25) is 0 Å². The van der Waals surface area contributed by atoms with Gasteiger partial charge in [-0.3, -0.25) is 4.46 Å². The van der Waals surface area contributed by atoms with Gasteiger partial charge in [0.05, 0.1) is 0 Å². The van der Waals surface area contributed by atoms with Crippen molar-refractivity contribution in [2.24, 2.45) is 0 Å². The minimum Gasteiger partial charge on any atom is 0 e. The Morgan fingerprint density at radius 3 is 1.33 bits per heavy atom. The van der Waals surface area contributed by atoms with Gasteiger partial charge in [-0.25, -0.2) is 0 Å². The summed E-state index contributed by atoms with van der Waals surface area (Å²) in [5.74, 6) is 0. The van der Waals surface area contributed by atoms with E-state index in [2.05, 4.69) is 0 Å². The van der Waals surface area contributed by atoms with Gasteiger partial charge >= 0.3 is 38.7 Å². The summed E-state index contributed by atoms with van der Waals surface area (Å²) in [7, 11) is -3.13. The van der Waals surface area contributed by atoms with Gasteiger partial charge in [-0.2, -0.15) is 0 Å². The van der Waals surface area contributed by atoms with Gasteiger partial charge in [-0.1, -0.05) is 0 Å². The first kappa shape index (κ1) is 15.6. The van der Waals surface area contributed by atoms with Crippen molar-refractivity contribution in [3.8, 4) is 0 Å². The molecule has 0 aliphatic carbocycles. The molecule has 0 fully saturated rings. The largest absolute Gasteiger partial charge is 0 e. The molecule has 3 nitrogen and oxygen atoms in total. The maximum absolute atomic E-state index is 8.74. The average molecular weight is 193 g/mol. The van der Waals surface area contributed by atoms with Crippen molar-refractivity contribution in [2.75, 3.05) is 0 Å². The standard InChI is InChI=1S/Na.H2O3Si.Zr.H/c;1-4(2)3;;/h;1-2H;;. The molecule has 0 bridgehead atoms. The molecule has 6 heavy (non-hydrogen) atoms. The quantitative estimate of drug-likeness (QED) is 0.427. The third-order valence-corrected chi connectivity index (χ3v) is 0. The predicted molar refractivity (Wildman–Crippen MR) is 18.0 cm³/mol. The van der Waals surface area contributed by atoms with Gasteiger partial charge in [0.25, 0.3) is 0 Å². The topological polar surface area (TPSA) is 57.5 Å². The zero-order chi connectivity index (χ0) is 3.58. The summed E-state index contributed by atoms with van der Waals surface area (Å²) in [6, 6.07) is 0. The molecule has 0 spiro atoms. The number of rotatable bonds is 0. The fourth-order valence-corrected chi connectivity index (χ4v) is 0. The Kier molecular flexibility index (Phi) is 25.3. The summed E-state index contributed by atoms with van der Waals surface area (Å²) in [4.78, 5) is 14.3. The van der Waals surface area contributed by atoms with Gasteiger partial charge < -0.3 is 9.59 Å². The molecule has 0 aromatic heterocycles. The van der Waals surface area contributed by atoms with E-state index >= 15 is 0 Å². The Morgan fingerprint density at radius 1 is 1.33 bits per heavy atom. The van der Waals surface area contributed by atoms with Gasteiger partial charge in [-0.15, -0.1) is 0 Å². The first-order valence-electron chi connectivity index (χ1n) is 0.651. The normalized spacial score (nSPS) is 4.00. The van der Waals surface area contributed by atoms with E-state index in [1.54, 1.807) is 0 Å². The molecule has 0 rings (SSSR count). The SMILES string of the molecule is O=[Si](O)O.[NaH].[Zr]. The minimum atomic E-state index is -3.13. The van der Waals surface area contributed by atoms with E-state index in [-0.39, 0.29) is 55.8 Å². The van der Waals surface area contributed by atoms with Crippen LogP contribution < -0.4 is 0 Å². The van der Waals surface area contributed by atoms with Gasteiger partial charge in [0.15, 0.2) is 0 Å². The molecule has 0 heterocycles. The zero-order valence-electron chi connectivity index (χ0n) is 2.30. The van der Waals surface area contributed by atoms with Crippen molar-refractivity contribution in [3.63, 3.8) is 0 Å². The van der Waals surface area contributed by atoms with E-state index in [1.165, 1.54) is 0 Å². The molecule has 0 saturated heterocycles. The second kappa shape index (κ2) is 9.71. The van der Waals surface area contributed by atoms with Crippen molar-refractivity contribution in [2.45, 2.75) is 0 Å². The molecule has 0 aliphatic heterocycles. The van der Waals surface area contributed by atoms with Crippen molar-refractivity contribution >= 4 is 38.7 Å². The molecule has 0 aromatic carbocycles. The molecule has 0 aromatic rings.